The van der Waals surface area contributed by atoms with Gasteiger partial charge in [0.15, 0.2) is 5.69 Å². The fourth-order valence-electron chi connectivity index (χ4n) is 1.55. The minimum atomic E-state index is -0.554. The first kappa shape index (κ1) is 11.2. The van der Waals surface area contributed by atoms with Crippen molar-refractivity contribution < 1.29 is 9.31 Å². The Balaban J connectivity index is 2.68. The summed E-state index contributed by atoms with van der Waals surface area (Å²) in [5, 5.41) is 10.9. The number of aryl methyl sites for hydroxylation is 1. The first-order valence-corrected chi connectivity index (χ1v) is 4.95. The van der Waals surface area contributed by atoms with E-state index in [1.54, 1.807) is 13.0 Å². The SMILES string of the molecule is Cc1cnc(-c2ccccc2F)c([N+](=O)[O-])c1. The zero-order valence-electron chi connectivity index (χ0n) is 9.05. The van der Waals surface area contributed by atoms with Crippen LogP contribution in [0.4, 0.5) is 10.1 Å². The quantitative estimate of drug-likeness (QED) is 0.590. The van der Waals surface area contributed by atoms with E-state index in [0.717, 1.165) is 0 Å². The number of nitrogens with zero attached hydrogens (tertiary/aromatic N) is 2. The number of nitro groups is 1. The van der Waals surface area contributed by atoms with Gasteiger partial charge in [0.1, 0.15) is 5.82 Å². The van der Waals surface area contributed by atoms with E-state index < -0.39 is 10.7 Å². The molecule has 2 rings (SSSR count). The lowest BCUT2D eigenvalue weighted by Gasteiger charge is -2.04. The summed E-state index contributed by atoms with van der Waals surface area (Å²) in [5.41, 5.74) is 0.671. The molecule has 17 heavy (non-hydrogen) atoms. The van der Waals surface area contributed by atoms with Crippen LogP contribution in [0.3, 0.4) is 0 Å². The van der Waals surface area contributed by atoms with Crippen LogP contribution in [0.1, 0.15) is 5.56 Å². The second-order valence-electron chi connectivity index (χ2n) is 3.62. The van der Waals surface area contributed by atoms with Gasteiger partial charge in [-0.15, -0.1) is 0 Å². The number of rotatable bonds is 2. The number of pyridine rings is 1. The molecule has 0 aliphatic rings. The molecule has 0 saturated carbocycles. The number of aromatic nitrogens is 1. The fourth-order valence-corrected chi connectivity index (χ4v) is 1.55. The molecule has 5 heteroatoms. The zero-order chi connectivity index (χ0) is 12.4. The molecule has 0 aliphatic heterocycles. The van der Waals surface area contributed by atoms with Gasteiger partial charge in [-0.25, -0.2) is 9.37 Å². The van der Waals surface area contributed by atoms with Gasteiger partial charge in [-0.2, -0.15) is 0 Å². The number of halogens is 1. The molecule has 0 fully saturated rings. The predicted molar refractivity (Wildman–Crippen MR) is 61.0 cm³/mol. The minimum absolute atomic E-state index is 0.0544. The molecule has 4 nitrogen and oxygen atoms in total. The van der Waals surface area contributed by atoms with Crippen LogP contribution >= 0.6 is 0 Å². The van der Waals surface area contributed by atoms with Crippen LogP contribution in [-0.2, 0) is 0 Å². The maximum absolute atomic E-state index is 13.6. The van der Waals surface area contributed by atoms with Gasteiger partial charge < -0.3 is 0 Å². The number of hydrogen-bond acceptors (Lipinski definition) is 3. The van der Waals surface area contributed by atoms with Crippen molar-refractivity contribution in [1.82, 2.24) is 4.98 Å². The van der Waals surface area contributed by atoms with E-state index in [0.29, 0.717) is 5.56 Å². The Morgan fingerprint density at radius 2 is 2.06 bits per heavy atom. The average Bonchev–Trinajstić information content (AvgIpc) is 2.30. The van der Waals surface area contributed by atoms with Crippen LogP contribution in [0.25, 0.3) is 11.3 Å². The molecular formula is C12H9FN2O2. The molecule has 0 radical (unpaired) electrons. The minimum Gasteiger partial charge on any atom is -0.258 e. The maximum Gasteiger partial charge on any atom is 0.295 e. The van der Waals surface area contributed by atoms with E-state index >= 15 is 0 Å². The summed E-state index contributed by atoms with van der Waals surface area (Å²) < 4.78 is 13.6. The summed E-state index contributed by atoms with van der Waals surface area (Å²) in [6.45, 7) is 1.70. The summed E-state index contributed by atoms with van der Waals surface area (Å²) in [6.07, 6.45) is 1.48. The molecule has 0 spiro atoms. The molecular weight excluding hydrogens is 223 g/mol. The highest BCUT2D eigenvalue weighted by atomic mass is 19.1. The number of hydrogen-bond donors (Lipinski definition) is 0. The Hall–Kier alpha value is -2.30. The molecule has 0 bridgehead atoms. The van der Waals surface area contributed by atoms with Gasteiger partial charge in [-0.05, 0) is 24.6 Å². The summed E-state index contributed by atoms with van der Waals surface area (Å²) in [4.78, 5) is 14.3. The van der Waals surface area contributed by atoms with Crippen molar-refractivity contribution in [3.63, 3.8) is 0 Å². The van der Waals surface area contributed by atoms with Gasteiger partial charge in [0.2, 0.25) is 0 Å². The van der Waals surface area contributed by atoms with E-state index in [2.05, 4.69) is 4.98 Å². The van der Waals surface area contributed by atoms with Crippen LogP contribution in [0, 0.1) is 22.9 Å². The lowest BCUT2D eigenvalue weighted by molar-refractivity contribution is -0.384. The van der Waals surface area contributed by atoms with Gasteiger partial charge >= 0.3 is 0 Å². The van der Waals surface area contributed by atoms with Gasteiger partial charge in [0.25, 0.3) is 5.69 Å². The normalized spacial score (nSPS) is 10.2. The molecule has 0 unspecified atom stereocenters. The molecule has 0 atom stereocenters. The second-order valence-corrected chi connectivity index (χ2v) is 3.62. The summed E-state index contributed by atoms with van der Waals surface area (Å²) in [7, 11) is 0. The molecule has 86 valence electrons. The van der Waals surface area contributed by atoms with E-state index in [1.165, 1.54) is 30.5 Å². The van der Waals surface area contributed by atoms with E-state index in [-0.39, 0.29) is 16.9 Å². The molecule has 2 aromatic rings. The van der Waals surface area contributed by atoms with Crippen molar-refractivity contribution in [1.29, 1.82) is 0 Å². The third-order valence-corrected chi connectivity index (χ3v) is 2.33. The Bertz CT molecular complexity index is 584. The molecule has 0 N–H and O–H groups in total. The third kappa shape index (κ3) is 2.13. The maximum atomic E-state index is 13.6. The third-order valence-electron chi connectivity index (χ3n) is 2.33. The van der Waals surface area contributed by atoms with Gasteiger partial charge in [0.05, 0.1) is 4.92 Å². The van der Waals surface area contributed by atoms with Gasteiger partial charge in [-0.3, -0.25) is 10.1 Å². The van der Waals surface area contributed by atoms with Crippen molar-refractivity contribution in [2.75, 3.05) is 0 Å². The van der Waals surface area contributed by atoms with Crippen molar-refractivity contribution in [3.8, 4) is 11.3 Å². The van der Waals surface area contributed by atoms with Crippen LogP contribution < -0.4 is 0 Å². The molecule has 0 saturated heterocycles. The van der Waals surface area contributed by atoms with Crippen LogP contribution in [0.5, 0.6) is 0 Å². The lowest BCUT2D eigenvalue weighted by Crippen LogP contribution is -1.97. The molecule has 0 amide bonds. The Morgan fingerprint density at radius 1 is 1.35 bits per heavy atom. The zero-order valence-corrected chi connectivity index (χ0v) is 9.05. The first-order chi connectivity index (χ1) is 8.09. The lowest BCUT2D eigenvalue weighted by atomic mass is 10.1. The predicted octanol–water partition coefficient (Wildman–Crippen LogP) is 3.10. The van der Waals surface area contributed by atoms with Gasteiger partial charge in [-0.1, -0.05) is 12.1 Å². The molecule has 1 aromatic carbocycles. The average molecular weight is 232 g/mol. The van der Waals surface area contributed by atoms with E-state index in [9.17, 15) is 14.5 Å². The smallest absolute Gasteiger partial charge is 0.258 e. The summed E-state index contributed by atoms with van der Waals surface area (Å²) in [6, 6.07) is 7.25. The Morgan fingerprint density at radius 3 is 2.71 bits per heavy atom. The van der Waals surface area contributed by atoms with Crippen molar-refractivity contribution in [2.45, 2.75) is 6.92 Å². The Kier molecular flexibility index (Phi) is 2.82. The topological polar surface area (TPSA) is 56.0 Å². The summed E-state index contributed by atoms with van der Waals surface area (Å²) in [5.74, 6) is -0.521. The van der Waals surface area contributed by atoms with Crippen molar-refractivity contribution in [2.24, 2.45) is 0 Å². The standard InChI is InChI=1S/C12H9FN2O2/c1-8-6-11(15(16)17)12(14-7-8)9-4-2-3-5-10(9)13/h2-7H,1H3. The van der Waals surface area contributed by atoms with Crippen LogP contribution in [0.15, 0.2) is 36.5 Å². The first-order valence-electron chi connectivity index (χ1n) is 4.95. The van der Waals surface area contributed by atoms with Gasteiger partial charge in [0, 0.05) is 17.8 Å². The van der Waals surface area contributed by atoms with E-state index in [1.807, 2.05) is 0 Å². The van der Waals surface area contributed by atoms with Crippen molar-refractivity contribution >= 4 is 5.69 Å². The monoisotopic (exact) mass is 232 g/mol. The Labute approximate surface area is 96.9 Å². The van der Waals surface area contributed by atoms with Crippen LogP contribution in [0.2, 0.25) is 0 Å². The van der Waals surface area contributed by atoms with Crippen LogP contribution in [-0.4, -0.2) is 9.91 Å². The largest absolute Gasteiger partial charge is 0.295 e. The molecule has 1 heterocycles. The molecule has 1 aromatic heterocycles. The van der Waals surface area contributed by atoms with Crippen molar-refractivity contribution in [3.05, 3.63) is 58.0 Å². The highest BCUT2D eigenvalue weighted by Gasteiger charge is 2.19. The molecule has 0 aliphatic carbocycles. The number of benzene rings is 1. The fraction of sp³-hybridized carbons (Fsp3) is 0.0833. The highest BCUT2D eigenvalue weighted by molar-refractivity contribution is 5.70. The van der Waals surface area contributed by atoms with E-state index in [4.69, 9.17) is 0 Å². The highest BCUT2D eigenvalue weighted by Crippen LogP contribution is 2.29. The second kappa shape index (κ2) is 4.29. The summed E-state index contributed by atoms with van der Waals surface area (Å²) >= 11 is 0.